The summed E-state index contributed by atoms with van der Waals surface area (Å²) >= 11 is 0. The second-order valence-corrected chi connectivity index (χ2v) is 8.80. The summed E-state index contributed by atoms with van der Waals surface area (Å²) in [6.07, 6.45) is 4.03. The number of nitriles is 1. The van der Waals surface area contributed by atoms with E-state index in [-0.39, 0.29) is 5.91 Å². The van der Waals surface area contributed by atoms with Crippen LogP contribution < -0.4 is 20.1 Å². The van der Waals surface area contributed by atoms with Crippen molar-refractivity contribution in [2.45, 2.75) is 12.8 Å². The zero-order chi connectivity index (χ0) is 23.8. The average molecular weight is 476 g/mol. The lowest BCUT2D eigenvalue weighted by Crippen LogP contribution is -2.41. The molecule has 35 heavy (non-hydrogen) atoms. The van der Waals surface area contributed by atoms with Crippen LogP contribution in [0.25, 0.3) is 11.0 Å². The average Bonchev–Trinajstić information content (AvgIpc) is 3.65. The fourth-order valence-electron chi connectivity index (χ4n) is 4.33. The summed E-state index contributed by atoms with van der Waals surface area (Å²) in [6.45, 7) is 3.65. The lowest BCUT2D eigenvalue weighted by molar-refractivity contribution is 0.0298. The van der Waals surface area contributed by atoms with Gasteiger partial charge in [-0.15, -0.1) is 0 Å². The van der Waals surface area contributed by atoms with Gasteiger partial charge in [-0.3, -0.25) is 4.79 Å². The topological polar surface area (TPSA) is 137 Å². The Morgan fingerprint density at radius 3 is 2.71 bits per heavy atom. The van der Waals surface area contributed by atoms with E-state index in [4.69, 9.17) is 14.2 Å². The summed E-state index contributed by atoms with van der Waals surface area (Å²) in [7, 11) is 0. The van der Waals surface area contributed by atoms with Gasteiger partial charge in [0.25, 0.3) is 5.91 Å². The number of hydrogen-bond acceptors (Lipinski definition) is 9. The van der Waals surface area contributed by atoms with E-state index in [9.17, 15) is 10.1 Å². The highest BCUT2D eigenvalue weighted by Crippen LogP contribution is 2.42. The van der Waals surface area contributed by atoms with Crippen LogP contribution in [0.3, 0.4) is 0 Å². The zero-order valence-corrected chi connectivity index (χ0v) is 19.1. The van der Waals surface area contributed by atoms with Gasteiger partial charge in [0.15, 0.2) is 11.5 Å². The number of amides is 1. The van der Waals surface area contributed by atoms with E-state index in [1.165, 1.54) is 12.8 Å². The van der Waals surface area contributed by atoms with Crippen LogP contribution in [-0.4, -0.2) is 71.8 Å². The Labute approximate surface area is 201 Å². The fourth-order valence-corrected chi connectivity index (χ4v) is 4.33. The van der Waals surface area contributed by atoms with Gasteiger partial charge in [0.1, 0.15) is 30.7 Å². The molecule has 180 valence electrons. The molecule has 1 saturated carbocycles. The van der Waals surface area contributed by atoms with Crippen LogP contribution >= 0.6 is 0 Å². The fraction of sp³-hybridized carbons (Fsp3) is 0.417. The van der Waals surface area contributed by atoms with Crippen molar-refractivity contribution in [3.8, 4) is 17.6 Å². The molecule has 1 amide bonds. The largest absolute Gasteiger partial charge is 0.485 e. The molecule has 11 nitrogen and oxygen atoms in total. The molecule has 1 aliphatic carbocycles. The van der Waals surface area contributed by atoms with Gasteiger partial charge in [0.2, 0.25) is 5.95 Å². The monoisotopic (exact) mass is 475 g/mol. The standard InChI is InChI=1S/C24H25N7O4/c25-11-15-13-27-22-18(15)21(26-12-14-1-2-14)29-24(30-22)28-17-4-3-16(19-20(17)35-10-9-34-19)23(32)31-5-7-33-8-6-31/h3-4,13-14H,1-2,5-10,12H2,(H3,26,27,28,29,30). The molecule has 0 atom stereocenters. The molecule has 3 aliphatic rings. The molecule has 4 heterocycles. The van der Waals surface area contributed by atoms with E-state index < -0.39 is 0 Å². The van der Waals surface area contributed by atoms with Crippen molar-refractivity contribution >= 4 is 34.4 Å². The Hall–Kier alpha value is -4.04. The molecular formula is C24H25N7O4. The molecule has 2 fully saturated rings. The molecule has 2 aliphatic heterocycles. The number of nitrogens with one attached hydrogen (secondary N) is 3. The third-order valence-corrected chi connectivity index (χ3v) is 6.37. The Kier molecular flexibility index (Phi) is 5.50. The van der Waals surface area contributed by atoms with Gasteiger partial charge in [0.05, 0.1) is 35.4 Å². The number of anilines is 3. The molecule has 0 spiro atoms. The van der Waals surface area contributed by atoms with E-state index in [2.05, 4.69) is 31.7 Å². The first-order chi connectivity index (χ1) is 17.2. The van der Waals surface area contributed by atoms with Gasteiger partial charge >= 0.3 is 0 Å². The number of hydrogen-bond donors (Lipinski definition) is 3. The number of ether oxygens (including phenoxy) is 3. The SMILES string of the molecule is N#Cc1c[nH]c2nc(Nc3ccc(C(=O)N4CCOCC4)c4c3OCCO4)nc(NCC3CC3)c12. The number of fused-ring (bicyclic) bond motifs is 2. The summed E-state index contributed by atoms with van der Waals surface area (Å²) in [5.74, 6) is 2.34. The van der Waals surface area contributed by atoms with E-state index in [1.54, 1.807) is 23.2 Å². The van der Waals surface area contributed by atoms with Crippen molar-refractivity contribution in [3.05, 3.63) is 29.5 Å². The number of benzene rings is 1. The Morgan fingerprint density at radius 1 is 1.14 bits per heavy atom. The number of morpholine rings is 1. The molecule has 0 unspecified atom stereocenters. The van der Waals surface area contributed by atoms with Gasteiger partial charge < -0.3 is 34.7 Å². The predicted octanol–water partition coefficient (Wildman–Crippen LogP) is 2.64. The number of rotatable bonds is 6. The van der Waals surface area contributed by atoms with E-state index >= 15 is 0 Å². The molecular weight excluding hydrogens is 450 g/mol. The van der Waals surface area contributed by atoms with Gasteiger partial charge in [-0.1, -0.05) is 0 Å². The minimum atomic E-state index is -0.110. The minimum Gasteiger partial charge on any atom is -0.485 e. The van der Waals surface area contributed by atoms with Crippen molar-refractivity contribution in [1.82, 2.24) is 19.9 Å². The highest BCUT2D eigenvalue weighted by Gasteiger charge is 2.28. The summed E-state index contributed by atoms with van der Waals surface area (Å²) in [6, 6.07) is 5.71. The van der Waals surface area contributed by atoms with Crippen LogP contribution in [0.4, 0.5) is 17.5 Å². The van der Waals surface area contributed by atoms with Crippen LogP contribution in [-0.2, 0) is 4.74 Å². The zero-order valence-electron chi connectivity index (χ0n) is 19.1. The maximum Gasteiger partial charge on any atom is 0.257 e. The quantitative estimate of drug-likeness (QED) is 0.491. The Morgan fingerprint density at radius 2 is 1.94 bits per heavy atom. The Bertz CT molecular complexity index is 1320. The molecule has 6 rings (SSSR count). The van der Waals surface area contributed by atoms with Crippen LogP contribution in [0, 0.1) is 17.2 Å². The van der Waals surface area contributed by atoms with Gasteiger partial charge in [-0.2, -0.15) is 15.2 Å². The van der Waals surface area contributed by atoms with Crippen LogP contribution in [0.2, 0.25) is 0 Å². The number of aromatic amines is 1. The first kappa shape index (κ1) is 21.5. The highest BCUT2D eigenvalue weighted by atomic mass is 16.6. The second kappa shape index (κ2) is 8.96. The van der Waals surface area contributed by atoms with Crippen LogP contribution in [0.15, 0.2) is 18.3 Å². The molecule has 1 saturated heterocycles. The summed E-state index contributed by atoms with van der Waals surface area (Å²) in [5.41, 5.74) is 2.10. The molecule has 11 heteroatoms. The third kappa shape index (κ3) is 4.17. The maximum absolute atomic E-state index is 13.1. The van der Waals surface area contributed by atoms with Gasteiger partial charge in [-0.25, -0.2) is 0 Å². The highest BCUT2D eigenvalue weighted by molar-refractivity contribution is 5.99. The first-order valence-electron chi connectivity index (χ1n) is 11.8. The number of H-pyrrole nitrogens is 1. The van der Waals surface area contributed by atoms with E-state index in [0.29, 0.717) is 96.5 Å². The lowest BCUT2D eigenvalue weighted by Gasteiger charge is -2.29. The van der Waals surface area contributed by atoms with Crippen LogP contribution in [0.5, 0.6) is 11.5 Å². The predicted molar refractivity (Wildman–Crippen MR) is 127 cm³/mol. The molecule has 2 aromatic heterocycles. The minimum absolute atomic E-state index is 0.110. The Balaban J connectivity index is 1.34. The smallest absolute Gasteiger partial charge is 0.257 e. The second-order valence-electron chi connectivity index (χ2n) is 8.80. The molecule has 0 bridgehead atoms. The van der Waals surface area contributed by atoms with Crippen molar-refractivity contribution in [2.75, 3.05) is 56.7 Å². The van der Waals surface area contributed by atoms with Gasteiger partial charge in [0, 0.05) is 25.8 Å². The molecule has 1 aromatic carbocycles. The van der Waals surface area contributed by atoms with Crippen molar-refractivity contribution in [2.24, 2.45) is 5.92 Å². The first-order valence-corrected chi connectivity index (χ1v) is 11.8. The van der Waals surface area contributed by atoms with Crippen molar-refractivity contribution in [1.29, 1.82) is 5.26 Å². The number of aromatic nitrogens is 3. The number of carbonyl (C=O) groups is 1. The third-order valence-electron chi connectivity index (χ3n) is 6.37. The van der Waals surface area contributed by atoms with Crippen molar-refractivity contribution in [3.63, 3.8) is 0 Å². The van der Waals surface area contributed by atoms with E-state index in [0.717, 1.165) is 6.54 Å². The van der Waals surface area contributed by atoms with Crippen LogP contribution in [0.1, 0.15) is 28.8 Å². The van der Waals surface area contributed by atoms with Gasteiger partial charge in [-0.05, 0) is 30.9 Å². The lowest BCUT2D eigenvalue weighted by atomic mass is 10.1. The normalized spacial score (nSPS) is 17.2. The summed E-state index contributed by atoms with van der Waals surface area (Å²) < 4.78 is 17.2. The molecule has 3 aromatic rings. The number of nitrogens with zero attached hydrogens (tertiary/aromatic N) is 4. The summed E-state index contributed by atoms with van der Waals surface area (Å²) in [4.78, 5) is 27.2. The number of carbonyl (C=O) groups excluding carboxylic acids is 1. The molecule has 0 radical (unpaired) electrons. The maximum atomic E-state index is 13.1. The summed E-state index contributed by atoms with van der Waals surface area (Å²) in [5, 5.41) is 16.8. The van der Waals surface area contributed by atoms with Crippen molar-refractivity contribution < 1.29 is 19.0 Å². The molecule has 3 N–H and O–H groups in total. The van der Waals surface area contributed by atoms with E-state index in [1.807, 2.05) is 0 Å².